The van der Waals surface area contributed by atoms with Crippen molar-refractivity contribution in [3.05, 3.63) is 18.0 Å². The Balaban J connectivity index is 1.65. The summed E-state index contributed by atoms with van der Waals surface area (Å²) in [5.74, 6) is 0.251. The first-order chi connectivity index (χ1) is 10.3. The molecule has 1 aromatic rings. The van der Waals surface area contributed by atoms with Crippen LogP contribution in [0.3, 0.4) is 0 Å². The number of likely N-dealkylation sites (tertiary alicyclic amines) is 1. The fourth-order valence-corrected chi connectivity index (χ4v) is 2.82. The van der Waals surface area contributed by atoms with Gasteiger partial charge in [-0.1, -0.05) is 19.3 Å². The van der Waals surface area contributed by atoms with E-state index in [-0.39, 0.29) is 5.91 Å². The fraction of sp³-hybridized carbons (Fsp3) is 0.750. The van der Waals surface area contributed by atoms with Crippen LogP contribution in [0, 0.1) is 0 Å². The van der Waals surface area contributed by atoms with Crippen molar-refractivity contribution in [2.75, 3.05) is 33.2 Å². The lowest BCUT2D eigenvalue weighted by atomic mass is 10.1. The zero-order valence-corrected chi connectivity index (χ0v) is 13.2. The van der Waals surface area contributed by atoms with Crippen molar-refractivity contribution in [2.45, 2.75) is 44.9 Å². The fourth-order valence-electron chi connectivity index (χ4n) is 2.82. The molecular weight excluding hydrogens is 264 g/mol. The van der Waals surface area contributed by atoms with E-state index in [9.17, 15) is 4.79 Å². The number of hydrogen-bond acceptors (Lipinski definition) is 3. The maximum atomic E-state index is 12.2. The summed E-state index contributed by atoms with van der Waals surface area (Å²) in [5.41, 5.74) is 1.15. The highest BCUT2D eigenvalue weighted by molar-refractivity contribution is 5.76. The number of nitrogens with one attached hydrogen (secondary N) is 1. The number of rotatable bonds is 6. The number of carbonyl (C=O) groups excluding carboxylic acids is 1. The molecular formula is C16H28N4O. The van der Waals surface area contributed by atoms with Gasteiger partial charge in [0.25, 0.3) is 0 Å². The molecule has 1 saturated heterocycles. The van der Waals surface area contributed by atoms with Gasteiger partial charge >= 0.3 is 0 Å². The predicted octanol–water partition coefficient (Wildman–Crippen LogP) is 2.07. The summed E-state index contributed by atoms with van der Waals surface area (Å²) in [6.45, 7) is 3.99. The highest BCUT2D eigenvalue weighted by atomic mass is 16.2. The van der Waals surface area contributed by atoms with Crippen LogP contribution in [0.1, 0.15) is 44.1 Å². The van der Waals surface area contributed by atoms with Crippen LogP contribution in [0.4, 0.5) is 0 Å². The van der Waals surface area contributed by atoms with Gasteiger partial charge in [-0.2, -0.15) is 5.10 Å². The van der Waals surface area contributed by atoms with E-state index in [4.69, 9.17) is 0 Å². The number of amides is 1. The minimum Gasteiger partial charge on any atom is -0.345 e. The molecule has 0 atom stereocenters. The Kier molecular flexibility index (Phi) is 6.73. The number of likely N-dealkylation sites (N-methyl/N-ethyl adjacent to an activating group) is 1. The SMILES string of the molecule is CN(CCc1cn[nH]c1)C(=O)CCN1CCCCCCC1. The Morgan fingerprint density at radius 2 is 2.00 bits per heavy atom. The molecule has 0 spiro atoms. The average molecular weight is 292 g/mol. The van der Waals surface area contributed by atoms with Crippen LogP contribution < -0.4 is 0 Å². The first-order valence-corrected chi connectivity index (χ1v) is 8.19. The topological polar surface area (TPSA) is 52.2 Å². The molecule has 0 unspecified atom stereocenters. The van der Waals surface area contributed by atoms with Crippen molar-refractivity contribution in [1.29, 1.82) is 0 Å². The zero-order chi connectivity index (χ0) is 14.9. The molecule has 1 aliphatic heterocycles. The standard InChI is InChI=1S/C16H28N4O/c1-19(11-7-15-13-17-18-14-15)16(21)8-12-20-9-5-3-2-4-6-10-20/h13-14H,2-12H2,1H3,(H,17,18). The lowest BCUT2D eigenvalue weighted by molar-refractivity contribution is -0.130. The summed E-state index contributed by atoms with van der Waals surface area (Å²) >= 11 is 0. The van der Waals surface area contributed by atoms with Gasteiger partial charge in [0, 0.05) is 32.8 Å². The third kappa shape index (κ3) is 5.87. The van der Waals surface area contributed by atoms with Crippen LogP contribution in [0.15, 0.2) is 12.4 Å². The molecule has 1 fully saturated rings. The molecule has 0 aliphatic carbocycles. The molecule has 1 aliphatic rings. The Morgan fingerprint density at radius 3 is 2.67 bits per heavy atom. The Hall–Kier alpha value is -1.36. The van der Waals surface area contributed by atoms with Crippen LogP contribution in [-0.4, -0.2) is 59.1 Å². The van der Waals surface area contributed by atoms with Gasteiger partial charge in [-0.25, -0.2) is 0 Å². The molecule has 0 saturated carbocycles. The van der Waals surface area contributed by atoms with Crippen molar-refractivity contribution in [1.82, 2.24) is 20.0 Å². The number of carbonyl (C=O) groups is 1. The number of aromatic nitrogens is 2. The lowest BCUT2D eigenvalue weighted by Gasteiger charge is -2.25. The smallest absolute Gasteiger partial charge is 0.223 e. The number of nitrogens with zero attached hydrogens (tertiary/aromatic N) is 3. The van der Waals surface area contributed by atoms with E-state index in [1.165, 1.54) is 32.1 Å². The summed E-state index contributed by atoms with van der Waals surface area (Å²) in [5, 5.41) is 6.73. The van der Waals surface area contributed by atoms with Crippen LogP contribution in [0.2, 0.25) is 0 Å². The quantitative estimate of drug-likeness (QED) is 0.873. The van der Waals surface area contributed by atoms with Crippen LogP contribution in [0.25, 0.3) is 0 Å². The van der Waals surface area contributed by atoms with E-state index in [1.807, 2.05) is 24.3 Å². The molecule has 5 heteroatoms. The van der Waals surface area contributed by atoms with Gasteiger partial charge < -0.3 is 9.80 Å². The summed E-state index contributed by atoms with van der Waals surface area (Å²) in [6.07, 6.45) is 11.8. The lowest BCUT2D eigenvalue weighted by Crippen LogP contribution is -2.34. The molecule has 2 rings (SSSR count). The number of hydrogen-bond donors (Lipinski definition) is 1. The van der Waals surface area contributed by atoms with Crippen molar-refractivity contribution >= 4 is 5.91 Å². The maximum absolute atomic E-state index is 12.2. The van der Waals surface area contributed by atoms with Gasteiger partial charge in [-0.15, -0.1) is 0 Å². The minimum absolute atomic E-state index is 0.251. The average Bonchev–Trinajstić information content (AvgIpc) is 2.96. The van der Waals surface area contributed by atoms with Gasteiger partial charge in [-0.05, 0) is 37.9 Å². The van der Waals surface area contributed by atoms with Gasteiger partial charge in [-0.3, -0.25) is 9.89 Å². The molecule has 5 nitrogen and oxygen atoms in total. The number of H-pyrrole nitrogens is 1. The Labute approximate surface area is 127 Å². The Morgan fingerprint density at radius 1 is 1.29 bits per heavy atom. The second-order valence-electron chi connectivity index (χ2n) is 6.03. The largest absolute Gasteiger partial charge is 0.345 e. The van der Waals surface area contributed by atoms with E-state index in [0.29, 0.717) is 6.42 Å². The van der Waals surface area contributed by atoms with Crippen LogP contribution in [0.5, 0.6) is 0 Å². The molecule has 1 amide bonds. The summed E-state index contributed by atoms with van der Waals surface area (Å²) in [7, 11) is 1.90. The summed E-state index contributed by atoms with van der Waals surface area (Å²) in [4.78, 5) is 16.5. The molecule has 0 bridgehead atoms. The van der Waals surface area contributed by atoms with Gasteiger partial charge in [0.1, 0.15) is 0 Å². The monoisotopic (exact) mass is 292 g/mol. The summed E-state index contributed by atoms with van der Waals surface area (Å²) < 4.78 is 0. The Bertz CT molecular complexity index is 396. The third-order valence-electron chi connectivity index (χ3n) is 4.31. The third-order valence-corrected chi connectivity index (χ3v) is 4.31. The van der Waals surface area contributed by atoms with Crippen molar-refractivity contribution in [3.8, 4) is 0 Å². The molecule has 21 heavy (non-hydrogen) atoms. The normalized spacial score (nSPS) is 17.2. The maximum Gasteiger partial charge on any atom is 0.223 e. The molecule has 0 aromatic carbocycles. The van der Waals surface area contributed by atoms with E-state index in [0.717, 1.165) is 38.2 Å². The van der Waals surface area contributed by atoms with Crippen molar-refractivity contribution in [2.24, 2.45) is 0 Å². The summed E-state index contributed by atoms with van der Waals surface area (Å²) in [6, 6.07) is 0. The van der Waals surface area contributed by atoms with E-state index >= 15 is 0 Å². The molecule has 118 valence electrons. The van der Waals surface area contributed by atoms with Gasteiger partial charge in [0.2, 0.25) is 5.91 Å². The highest BCUT2D eigenvalue weighted by Gasteiger charge is 2.13. The van der Waals surface area contributed by atoms with E-state index in [1.54, 1.807) is 0 Å². The predicted molar refractivity (Wildman–Crippen MR) is 84.1 cm³/mol. The molecule has 2 heterocycles. The van der Waals surface area contributed by atoms with Crippen molar-refractivity contribution in [3.63, 3.8) is 0 Å². The van der Waals surface area contributed by atoms with Gasteiger partial charge in [0.05, 0.1) is 6.20 Å². The van der Waals surface area contributed by atoms with E-state index in [2.05, 4.69) is 15.1 Å². The molecule has 1 N–H and O–H groups in total. The van der Waals surface area contributed by atoms with Crippen molar-refractivity contribution < 1.29 is 4.79 Å². The minimum atomic E-state index is 0.251. The second-order valence-corrected chi connectivity index (χ2v) is 6.03. The second kappa shape index (κ2) is 8.82. The van der Waals surface area contributed by atoms with Gasteiger partial charge in [0.15, 0.2) is 0 Å². The molecule has 0 radical (unpaired) electrons. The molecule has 1 aromatic heterocycles. The van der Waals surface area contributed by atoms with Crippen LogP contribution in [-0.2, 0) is 11.2 Å². The van der Waals surface area contributed by atoms with E-state index < -0.39 is 0 Å². The first-order valence-electron chi connectivity index (χ1n) is 8.19. The highest BCUT2D eigenvalue weighted by Crippen LogP contribution is 2.11. The number of aromatic amines is 1. The van der Waals surface area contributed by atoms with Crippen LogP contribution >= 0.6 is 0 Å². The first kappa shape index (κ1) is 16.0. The zero-order valence-electron chi connectivity index (χ0n) is 13.2.